The summed E-state index contributed by atoms with van der Waals surface area (Å²) in [5.74, 6) is 0.453. The molecule has 6 aliphatic rings. The number of H-pyrrole nitrogens is 1. The molecule has 2 N–H and O–H groups in total. The average Bonchev–Trinajstić information content (AvgIpc) is 3.57. The van der Waals surface area contributed by atoms with Crippen molar-refractivity contribution in [2.75, 3.05) is 0 Å². The van der Waals surface area contributed by atoms with Gasteiger partial charge in [0.15, 0.2) is 11.9 Å². The van der Waals surface area contributed by atoms with E-state index in [1.54, 1.807) is 0 Å². The second-order valence-electron chi connectivity index (χ2n) is 17.8. The summed E-state index contributed by atoms with van der Waals surface area (Å²) in [6, 6.07) is 4.64. The van der Waals surface area contributed by atoms with Crippen LogP contribution >= 0.6 is 0 Å². The van der Waals surface area contributed by atoms with Crippen molar-refractivity contribution in [1.82, 2.24) is 4.98 Å². The van der Waals surface area contributed by atoms with Crippen LogP contribution < -0.4 is 0 Å². The molecule has 1 aromatic heterocycles. The smallest absolute Gasteiger partial charge is 0.178 e. The van der Waals surface area contributed by atoms with Crippen LogP contribution in [0.25, 0.3) is 10.9 Å². The van der Waals surface area contributed by atoms with Gasteiger partial charge in [-0.3, -0.25) is 0 Å². The highest BCUT2D eigenvalue weighted by Gasteiger charge is 2.87. The highest BCUT2D eigenvalue weighted by Crippen LogP contribution is 2.75. The maximum atomic E-state index is 13.4. The summed E-state index contributed by atoms with van der Waals surface area (Å²) in [6.07, 6.45) is 11.7. The number of ether oxygens (including phenoxy) is 4. The summed E-state index contributed by atoms with van der Waals surface area (Å²) in [7, 11) is 0. The van der Waals surface area contributed by atoms with E-state index in [0.29, 0.717) is 12.3 Å². The van der Waals surface area contributed by atoms with E-state index < -0.39 is 28.5 Å². The van der Waals surface area contributed by atoms with Crippen molar-refractivity contribution in [1.29, 1.82) is 0 Å². The van der Waals surface area contributed by atoms with Crippen molar-refractivity contribution in [3.05, 3.63) is 69.5 Å². The SMILES string of the molecule is CC(C)=CCc1ccc2[nH]c3c(c2c1CC=C(C)C)C[C@@H]1CC[C@@]2(O)C45OC4C4OC(C=C(C)C)OC(C)(C)[C@H]4OC5CC[C@]2(C)[C@@]31C. The van der Waals surface area contributed by atoms with Crippen LogP contribution in [0.2, 0.25) is 0 Å². The minimum Gasteiger partial charge on any atom is -0.386 e. The molecule has 3 aliphatic carbocycles. The predicted molar refractivity (Wildman–Crippen MR) is 190 cm³/mol. The van der Waals surface area contributed by atoms with Crippen LogP contribution in [0.5, 0.6) is 0 Å². The van der Waals surface area contributed by atoms with Crippen molar-refractivity contribution < 1.29 is 24.1 Å². The van der Waals surface area contributed by atoms with Gasteiger partial charge in [-0.15, -0.1) is 0 Å². The van der Waals surface area contributed by atoms with Gasteiger partial charge in [0, 0.05) is 27.4 Å². The number of epoxide rings is 1. The zero-order chi connectivity index (χ0) is 34.2. The normalized spacial score (nSPS) is 41.6. The van der Waals surface area contributed by atoms with Crippen molar-refractivity contribution >= 4 is 10.9 Å². The standard InChI is InChI=1S/C42H57NO5/c1-23(2)11-13-26-14-16-30-33(28(26)15-12-24(3)4)29-22-27-17-20-41(44)39(9,40(27,10)35(29)43-30)19-18-31-42(41)37(48-42)34-36(45-31)38(7,8)47-32(46-34)21-25(5)6/h11-12,14,16,21,27,31-32,34,36-37,43-44H,13,15,17-20,22H2,1-10H3/t27-,31?,32?,34?,36-,37?,39+,40+,41-,42?/m0/s1. The number of benzene rings is 1. The quantitative estimate of drug-likeness (QED) is 0.250. The molecule has 6 heteroatoms. The zero-order valence-corrected chi connectivity index (χ0v) is 30.9. The molecule has 5 unspecified atom stereocenters. The van der Waals surface area contributed by atoms with Crippen LogP contribution in [0.3, 0.4) is 0 Å². The third-order valence-electron chi connectivity index (χ3n) is 13.9. The molecule has 10 atom stereocenters. The molecule has 0 bridgehead atoms. The number of nitrogens with one attached hydrogen (secondary N) is 1. The summed E-state index contributed by atoms with van der Waals surface area (Å²) in [5, 5.41) is 14.8. The van der Waals surface area contributed by atoms with Gasteiger partial charge in [-0.1, -0.05) is 48.8 Å². The molecule has 3 saturated heterocycles. The third kappa shape index (κ3) is 4.22. The topological polar surface area (TPSA) is 76.2 Å². The molecule has 3 aliphatic heterocycles. The first-order valence-electron chi connectivity index (χ1n) is 18.5. The first-order valence-corrected chi connectivity index (χ1v) is 18.5. The van der Waals surface area contributed by atoms with Crippen LogP contribution in [0.1, 0.15) is 117 Å². The van der Waals surface area contributed by atoms with E-state index in [1.807, 2.05) is 6.08 Å². The highest BCUT2D eigenvalue weighted by molar-refractivity contribution is 5.90. The molecule has 8 rings (SSSR count). The summed E-state index contributed by atoms with van der Waals surface area (Å²) in [4.78, 5) is 4.02. The Morgan fingerprint density at radius 2 is 1.60 bits per heavy atom. The van der Waals surface area contributed by atoms with Gasteiger partial charge < -0.3 is 29.0 Å². The Kier molecular flexibility index (Phi) is 7.31. The largest absolute Gasteiger partial charge is 0.386 e. The van der Waals surface area contributed by atoms with Gasteiger partial charge in [0.1, 0.15) is 23.9 Å². The van der Waals surface area contributed by atoms with Crippen LogP contribution in [-0.2, 0) is 43.6 Å². The molecule has 2 saturated carbocycles. The lowest BCUT2D eigenvalue weighted by molar-refractivity contribution is -0.343. The lowest BCUT2D eigenvalue weighted by Gasteiger charge is -2.66. The van der Waals surface area contributed by atoms with E-state index >= 15 is 0 Å². The maximum Gasteiger partial charge on any atom is 0.178 e. The van der Waals surface area contributed by atoms with Crippen LogP contribution in [0, 0.1) is 11.3 Å². The zero-order valence-electron chi connectivity index (χ0n) is 30.9. The molecule has 2 aromatic rings. The van der Waals surface area contributed by atoms with Crippen molar-refractivity contribution in [3.8, 4) is 0 Å². The lowest BCUT2D eigenvalue weighted by Crippen LogP contribution is -2.77. The van der Waals surface area contributed by atoms with Crippen molar-refractivity contribution in [2.24, 2.45) is 11.3 Å². The Hall–Kier alpha value is -2.22. The van der Waals surface area contributed by atoms with Crippen LogP contribution in [0.4, 0.5) is 0 Å². The number of allylic oxidation sites excluding steroid dienone is 5. The van der Waals surface area contributed by atoms with Crippen LogP contribution in [-0.4, -0.2) is 57.6 Å². The summed E-state index contributed by atoms with van der Waals surface area (Å²) in [6.45, 7) is 22.0. The molecule has 1 spiro atoms. The predicted octanol–water partition coefficient (Wildman–Crippen LogP) is 8.33. The molecule has 6 nitrogen and oxygen atoms in total. The first kappa shape index (κ1) is 33.0. The molecular weight excluding hydrogens is 598 g/mol. The Morgan fingerprint density at radius 1 is 0.875 bits per heavy atom. The van der Waals surface area contributed by atoms with Gasteiger partial charge in [-0.05, 0) is 135 Å². The summed E-state index contributed by atoms with van der Waals surface area (Å²) < 4.78 is 26.9. The molecule has 1 aromatic carbocycles. The fraction of sp³-hybridized carbons (Fsp3) is 0.667. The Bertz CT molecular complexity index is 1750. The Labute approximate surface area is 287 Å². The summed E-state index contributed by atoms with van der Waals surface area (Å²) >= 11 is 0. The number of hydrogen-bond donors (Lipinski definition) is 2. The highest BCUT2D eigenvalue weighted by atomic mass is 16.8. The van der Waals surface area contributed by atoms with Gasteiger partial charge in [0.25, 0.3) is 0 Å². The second kappa shape index (κ2) is 10.6. The number of rotatable bonds is 5. The van der Waals surface area contributed by atoms with E-state index in [4.69, 9.17) is 18.9 Å². The molecule has 5 fully saturated rings. The molecule has 0 radical (unpaired) electrons. The number of aromatic nitrogens is 1. The van der Waals surface area contributed by atoms with Crippen molar-refractivity contribution in [2.45, 2.75) is 167 Å². The van der Waals surface area contributed by atoms with Gasteiger partial charge in [-0.25, -0.2) is 0 Å². The van der Waals surface area contributed by atoms with Gasteiger partial charge in [-0.2, -0.15) is 0 Å². The summed E-state index contributed by atoms with van der Waals surface area (Å²) in [5.41, 5.74) is 7.74. The fourth-order valence-corrected chi connectivity index (χ4v) is 11.3. The monoisotopic (exact) mass is 655 g/mol. The van der Waals surface area contributed by atoms with Gasteiger partial charge >= 0.3 is 0 Å². The number of hydrogen-bond acceptors (Lipinski definition) is 5. The maximum absolute atomic E-state index is 13.4. The Balaban J connectivity index is 1.22. The number of aromatic amines is 1. The van der Waals surface area contributed by atoms with E-state index in [-0.39, 0.29) is 29.8 Å². The average molecular weight is 656 g/mol. The first-order chi connectivity index (χ1) is 22.6. The van der Waals surface area contributed by atoms with Gasteiger partial charge in [0.2, 0.25) is 0 Å². The number of fused-ring (bicyclic) bond motifs is 9. The Morgan fingerprint density at radius 3 is 2.31 bits per heavy atom. The fourth-order valence-electron chi connectivity index (χ4n) is 11.3. The van der Waals surface area contributed by atoms with Crippen molar-refractivity contribution in [3.63, 3.8) is 0 Å². The molecule has 4 heterocycles. The van der Waals surface area contributed by atoms with Gasteiger partial charge in [0.05, 0.1) is 11.7 Å². The molecule has 48 heavy (non-hydrogen) atoms. The third-order valence-corrected chi connectivity index (χ3v) is 13.9. The van der Waals surface area contributed by atoms with E-state index in [1.165, 1.54) is 44.4 Å². The minimum atomic E-state index is -1.06. The van der Waals surface area contributed by atoms with E-state index in [2.05, 4.69) is 98.5 Å². The minimum absolute atomic E-state index is 0.189. The number of aliphatic hydroxyl groups is 1. The molecular formula is C42H57NO5. The molecule has 0 amide bonds. The van der Waals surface area contributed by atoms with E-state index in [0.717, 1.165) is 44.1 Å². The second-order valence-corrected chi connectivity index (χ2v) is 17.8. The van der Waals surface area contributed by atoms with Crippen LogP contribution in [0.15, 0.2) is 47.1 Å². The molecule has 260 valence electrons. The lowest BCUT2D eigenvalue weighted by atomic mass is 9.40. The van der Waals surface area contributed by atoms with E-state index in [9.17, 15) is 5.11 Å².